The summed E-state index contributed by atoms with van der Waals surface area (Å²) in [5.74, 6) is 3.38. The zero-order valence-corrected chi connectivity index (χ0v) is 10.6. The first-order valence-electron chi connectivity index (χ1n) is 4.59. The fraction of sp³-hybridized carbons (Fsp3) is 0.600. The van der Waals surface area contributed by atoms with Gasteiger partial charge in [0, 0.05) is 0 Å². The van der Waals surface area contributed by atoms with Gasteiger partial charge in [0.15, 0.2) is 0 Å². The number of hydrogen-bond donors (Lipinski definition) is 0. The number of hydrogen-bond acceptors (Lipinski definition) is 2. The van der Waals surface area contributed by atoms with Crippen molar-refractivity contribution in [3.8, 4) is 0 Å². The number of alkyl halides is 1. The molecule has 74 valence electrons. The van der Waals surface area contributed by atoms with Crippen molar-refractivity contribution in [2.75, 3.05) is 10.2 Å². The molecule has 0 radical (unpaired) electrons. The summed E-state index contributed by atoms with van der Waals surface area (Å²) in [7, 11) is 0. The molecule has 0 N–H and O–H groups in total. The molecule has 0 unspecified atom stereocenters. The molecule has 1 aromatic heterocycles. The zero-order valence-electron chi connectivity index (χ0n) is 7.67. The molecule has 1 heterocycles. The van der Waals surface area contributed by atoms with E-state index in [0.717, 1.165) is 11.5 Å². The van der Waals surface area contributed by atoms with Gasteiger partial charge >= 0.3 is 0 Å². The molecule has 1 nitrogen and oxygen atoms in total. The van der Waals surface area contributed by atoms with Gasteiger partial charge in [0.2, 0.25) is 0 Å². The average molecular weight is 310 g/mol. The smallest absolute Gasteiger partial charge is 0.113 e. The highest BCUT2D eigenvalue weighted by molar-refractivity contribution is 14.1. The third-order valence-electron chi connectivity index (χ3n) is 1.75. The van der Waals surface area contributed by atoms with Gasteiger partial charge in [-0.2, -0.15) is 11.8 Å². The summed E-state index contributed by atoms with van der Waals surface area (Å²) in [6.07, 6.45) is 5.82. The Balaban J connectivity index is 1.90. The van der Waals surface area contributed by atoms with Crippen molar-refractivity contribution in [3.05, 3.63) is 24.2 Å². The predicted octanol–water partition coefficient (Wildman–Crippen LogP) is 4.12. The van der Waals surface area contributed by atoms with E-state index in [1.165, 1.54) is 29.4 Å². The van der Waals surface area contributed by atoms with Crippen LogP contribution in [-0.2, 0) is 5.75 Å². The van der Waals surface area contributed by atoms with Crippen molar-refractivity contribution in [2.24, 2.45) is 0 Å². The lowest BCUT2D eigenvalue weighted by Gasteiger charge is -1.98. The average Bonchev–Trinajstić information content (AvgIpc) is 2.63. The number of thioether (sulfide) groups is 1. The number of rotatable bonds is 7. The van der Waals surface area contributed by atoms with Gasteiger partial charge in [-0.05, 0) is 35.2 Å². The van der Waals surface area contributed by atoms with Crippen molar-refractivity contribution in [2.45, 2.75) is 25.0 Å². The van der Waals surface area contributed by atoms with Crippen molar-refractivity contribution in [3.63, 3.8) is 0 Å². The topological polar surface area (TPSA) is 13.1 Å². The van der Waals surface area contributed by atoms with E-state index < -0.39 is 0 Å². The number of unbranched alkanes of at least 4 members (excludes halogenated alkanes) is 2. The standard InChI is InChI=1S/C10H15IOS/c11-6-2-1-3-8-13-9-10-5-4-7-12-10/h4-5,7H,1-3,6,8-9H2. The van der Waals surface area contributed by atoms with Gasteiger partial charge in [-0.1, -0.05) is 29.0 Å². The molecule has 0 amide bonds. The molecule has 3 heteroatoms. The maximum atomic E-state index is 5.24. The van der Waals surface area contributed by atoms with Crippen LogP contribution in [0.25, 0.3) is 0 Å². The fourth-order valence-electron chi connectivity index (χ4n) is 1.04. The molecule has 0 saturated carbocycles. The highest BCUT2D eigenvalue weighted by Gasteiger charge is 1.95. The van der Waals surface area contributed by atoms with E-state index in [1.54, 1.807) is 6.26 Å². The molecular formula is C10H15IOS. The highest BCUT2D eigenvalue weighted by atomic mass is 127. The summed E-state index contributed by atoms with van der Waals surface area (Å²) in [6, 6.07) is 3.99. The molecule has 0 aliphatic heterocycles. The Bertz CT molecular complexity index is 199. The minimum absolute atomic E-state index is 1.03. The van der Waals surface area contributed by atoms with Crippen LogP contribution in [0, 0.1) is 0 Å². The normalized spacial score (nSPS) is 10.5. The summed E-state index contributed by atoms with van der Waals surface area (Å²) in [4.78, 5) is 0. The summed E-state index contributed by atoms with van der Waals surface area (Å²) in [6.45, 7) is 0. The second-order valence-corrected chi connectivity index (χ2v) is 5.07. The van der Waals surface area contributed by atoms with Crippen molar-refractivity contribution < 1.29 is 4.42 Å². The first-order valence-corrected chi connectivity index (χ1v) is 7.27. The molecule has 0 saturated heterocycles. The van der Waals surface area contributed by atoms with Crippen LogP contribution >= 0.6 is 34.4 Å². The van der Waals surface area contributed by atoms with Crippen LogP contribution in [-0.4, -0.2) is 10.2 Å². The largest absolute Gasteiger partial charge is 0.468 e. The Labute approximate surface area is 97.8 Å². The second kappa shape index (κ2) is 7.74. The van der Waals surface area contributed by atoms with E-state index in [1.807, 2.05) is 23.9 Å². The lowest BCUT2D eigenvalue weighted by molar-refractivity contribution is 0.530. The van der Waals surface area contributed by atoms with Gasteiger partial charge in [-0.25, -0.2) is 0 Å². The molecule has 13 heavy (non-hydrogen) atoms. The minimum Gasteiger partial charge on any atom is -0.468 e. The Morgan fingerprint density at radius 3 is 2.92 bits per heavy atom. The fourth-order valence-corrected chi connectivity index (χ4v) is 2.50. The van der Waals surface area contributed by atoms with E-state index in [9.17, 15) is 0 Å². The van der Waals surface area contributed by atoms with E-state index in [-0.39, 0.29) is 0 Å². The molecule has 0 aromatic carbocycles. The Hall–Kier alpha value is 0.360. The first kappa shape index (κ1) is 11.4. The van der Waals surface area contributed by atoms with E-state index in [2.05, 4.69) is 22.6 Å². The van der Waals surface area contributed by atoms with Crippen molar-refractivity contribution >= 4 is 34.4 Å². The molecule has 0 bridgehead atoms. The van der Waals surface area contributed by atoms with Gasteiger partial charge in [0.1, 0.15) is 5.76 Å². The minimum atomic E-state index is 1.03. The van der Waals surface area contributed by atoms with E-state index in [4.69, 9.17) is 4.42 Å². The van der Waals surface area contributed by atoms with Crippen LogP contribution in [0.15, 0.2) is 22.8 Å². The summed E-state index contributed by atoms with van der Waals surface area (Å²) >= 11 is 4.40. The third kappa shape index (κ3) is 5.62. The molecule has 1 rings (SSSR count). The molecule has 0 atom stereocenters. The zero-order chi connectivity index (χ0) is 9.36. The summed E-state index contributed by atoms with van der Waals surface area (Å²) < 4.78 is 6.53. The second-order valence-electron chi connectivity index (χ2n) is 2.88. The van der Waals surface area contributed by atoms with Crippen LogP contribution in [0.5, 0.6) is 0 Å². The Kier molecular flexibility index (Phi) is 6.80. The van der Waals surface area contributed by atoms with Gasteiger partial charge < -0.3 is 4.42 Å². The highest BCUT2D eigenvalue weighted by Crippen LogP contribution is 2.14. The maximum absolute atomic E-state index is 5.24. The number of furan rings is 1. The third-order valence-corrected chi connectivity index (χ3v) is 3.58. The van der Waals surface area contributed by atoms with E-state index in [0.29, 0.717) is 0 Å². The molecular weight excluding hydrogens is 295 g/mol. The first-order chi connectivity index (χ1) is 6.43. The van der Waals surface area contributed by atoms with Crippen molar-refractivity contribution in [1.29, 1.82) is 0 Å². The quantitative estimate of drug-likeness (QED) is 0.427. The van der Waals surface area contributed by atoms with Crippen LogP contribution in [0.1, 0.15) is 25.0 Å². The van der Waals surface area contributed by atoms with Gasteiger partial charge in [-0.3, -0.25) is 0 Å². The van der Waals surface area contributed by atoms with Gasteiger partial charge in [-0.15, -0.1) is 0 Å². The molecule has 0 aliphatic rings. The number of halogens is 1. The molecule has 0 fully saturated rings. The maximum Gasteiger partial charge on any atom is 0.113 e. The van der Waals surface area contributed by atoms with E-state index >= 15 is 0 Å². The lowest BCUT2D eigenvalue weighted by atomic mass is 10.3. The van der Waals surface area contributed by atoms with Gasteiger partial charge in [0.05, 0.1) is 12.0 Å². The lowest BCUT2D eigenvalue weighted by Crippen LogP contribution is -1.83. The summed E-state index contributed by atoms with van der Waals surface area (Å²) in [5.41, 5.74) is 0. The van der Waals surface area contributed by atoms with Crippen molar-refractivity contribution in [1.82, 2.24) is 0 Å². The van der Waals surface area contributed by atoms with Crippen LogP contribution in [0.2, 0.25) is 0 Å². The molecule has 0 spiro atoms. The Morgan fingerprint density at radius 1 is 1.31 bits per heavy atom. The predicted molar refractivity (Wildman–Crippen MR) is 67.6 cm³/mol. The monoisotopic (exact) mass is 310 g/mol. The van der Waals surface area contributed by atoms with Crippen LogP contribution in [0.3, 0.4) is 0 Å². The van der Waals surface area contributed by atoms with Crippen LogP contribution in [0.4, 0.5) is 0 Å². The SMILES string of the molecule is ICCCCCSCc1ccco1. The molecule has 1 aromatic rings. The Morgan fingerprint density at radius 2 is 2.23 bits per heavy atom. The van der Waals surface area contributed by atoms with Crippen LogP contribution < -0.4 is 0 Å². The van der Waals surface area contributed by atoms with Gasteiger partial charge in [0.25, 0.3) is 0 Å². The summed E-state index contributed by atoms with van der Waals surface area (Å²) in [5, 5.41) is 0. The molecule has 0 aliphatic carbocycles.